The highest BCUT2D eigenvalue weighted by Crippen LogP contribution is 2.40. The second-order valence-corrected chi connectivity index (χ2v) is 8.82. The molecule has 3 nitrogen and oxygen atoms in total. The summed E-state index contributed by atoms with van der Waals surface area (Å²) < 4.78 is 5.91. The van der Waals surface area contributed by atoms with E-state index in [0.29, 0.717) is 11.3 Å². The molecule has 0 spiro atoms. The molecule has 0 aromatic carbocycles. The number of morpholine rings is 1. The molecular formula is C18H33NO2. The van der Waals surface area contributed by atoms with Crippen LogP contribution in [0.3, 0.4) is 0 Å². The van der Waals surface area contributed by atoms with Gasteiger partial charge in [0.2, 0.25) is 5.91 Å². The summed E-state index contributed by atoms with van der Waals surface area (Å²) >= 11 is 0. The molecule has 1 saturated heterocycles. The summed E-state index contributed by atoms with van der Waals surface area (Å²) in [5, 5.41) is 0. The number of carbonyl (C=O) groups is 1. The molecule has 21 heavy (non-hydrogen) atoms. The van der Waals surface area contributed by atoms with Crippen molar-refractivity contribution >= 4 is 5.91 Å². The molecule has 0 radical (unpaired) electrons. The molecular weight excluding hydrogens is 262 g/mol. The van der Waals surface area contributed by atoms with E-state index < -0.39 is 0 Å². The number of hydrogen-bond donors (Lipinski definition) is 0. The van der Waals surface area contributed by atoms with Gasteiger partial charge in [0.25, 0.3) is 0 Å². The van der Waals surface area contributed by atoms with E-state index in [0.717, 1.165) is 31.8 Å². The van der Waals surface area contributed by atoms with Gasteiger partial charge >= 0.3 is 0 Å². The standard InChI is InChI=1S/C18H33NO2/c1-13-11-19(12-18(5,6)21-13)16(20)14-7-9-15(10-8-14)17(2,3)4/h13-15H,7-12H2,1-6H3. The lowest BCUT2D eigenvalue weighted by Crippen LogP contribution is -2.55. The molecule has 3 heteroatoms. The summed E-state index contributed by atoms with van der Waals surface area (Å²) in [6.07, 6.45) is 4.66. The van der Waals surface area contributed by atoms with Crippen LogP contribution in [0.15, 0.2) is 0 Å². The highest BCUT2D eigenvalue weighted by atomic mass is 16.5. The maximum absolute atomic E-state index is 12.8. The Labute approximate surface area is 130 Å². The topological polar surface area (TPSA) is 29.5 Å². The number of amides is 1. The third-order valence-electron chi connectivity index (χ3n) is 5.18. The summed E-state index contributed by atoms with van der Waals surface area (Å²) in [7, 11) is 0. The third-order valence-corrected chi connectivity index (χ3v) is 5.18. The fourth-order valence-corrected chi connectivity index (χ4v) is 4.09. The average Bonchev–Trinajstić information content (AvgIpc) is 2.34. The van der Waals surface area contributed by atoms with E-state index in [1.165, 1.54) is 12.8 Å². The second kappa shape index (κ2) is 5.91. The lowest BCUT2D eigenvalue weighted by atomic mass is 9.69. The highest BCUT2D eigenvalue weighted by molar-refractivity contribution is 5.79. The summed E-state index contributed by atoms with van der Waals surface area (Å²) in [6, 6.07) is 0. The van der Waals surface area contributed by atoms with Crippen LogP contribution >= 0.6 is 0 Å². The third kappa shape index (κ3) is 4.21. The van der Waals surface area contributed by atoms with Crippen molar-refractivity contribution in [3.05, 3.63) is 0 Å². The van der Waals surface area contributed by atoms with Gasteiger partial charge in [-0.1, -0.05) is 20.8 Å². The number of ether oxygens (including phenoxy) is 1. The van der Waals surface area contributed by atoms with Crippen molar-refractivity contribution in [3.8, 4) is 0 Å². The van der Waals surface area contributed by atoms with Crippen molar-refractivity contribution in [2.24, 2.45) is 17.3 Å². The van der Waals surface area contributed by atoms with Crippen LogP contribution in [0.1, 0.15) is 67.2 Å². The number of rotatable bonds is 1. The Morgan fingerprint density at radius 3 is 2.19 bits per heavy atom. The van der Waals surface area contributed by atoms with Gasteiger partial charge in [-0.15, -0.1) is 0 Å². The van der Waals surface area contributed by atoms with E-state index in [9.17, 15) is 4.79 Å². The van der Waals surface area contributed by atoms with Crippen LogP contribution in [0.5, 0.6) is 0 Å². The first-order chi connectivity index (χ1) is 9.58. The van der Waals surface area contributed by atoms with Gasteiger partial charge in [-0.05, 0) is 57.8 Å². The Morgan fingerprint density at radius 2 is 1.71 bits per heavy atom. The van der Waals surface area contributed by atoms with Crippen molar-refractivity contribution in [2.45, 2.75) is 78.9 Å². The molecule has 0 N–H and O–H groups in total. The van der Waals surface area contributed by atoms with E-state index in [1.54, 1.807) is 0 Å². The Kier molecular flexibility index (Phi) is 4.72. The van der Waals surface area contributed by atoms with Gasteiger partial charge in [-0.25, -0.2) is 0 Å². The van der Waals surface area contributed by atoms with Crippen molar-refractivity contribution < 1.29 is 9.53 Å². The largest absolute Gasteiger partial charge is 0.369 e. The van der Waals surface area contributed by atoms with Crippen LogP contribution in [-0.2, 0) is 9.53 Å². The minimum Gasteiger partial charge on any atom is -0.369 e. The fraction of sp³-hybridized carbons (Fsp3) is 0.944. The lowest BCUT2D eigenvalue weighted by molar-refractivity contribution is -0.162. The molecule has 1 aliphatic heterocycles. The highest BCUT2D eigenvalue weighted by Gasteiger charge is 2.38. The summed E-state index contributed by atoms with van der Waals surface area (Å²) in [6.45, 7) is 14.7. The van der Waals surface area contributed by atoms with Crippen LogP contribution < -0.4 is 0 Å². The van der Waals surface area contributed by atoms with Crippen LogP contribution in [-0.4, -0.2) is 35.6 Å². The van der Waals surface area contributed by atoms with Gasteiger partial charge in [-0.3, -0.25) is 4.79 Å². The Morgan fingerprint density at radius 1 is 1.14 bits per heavy atom. The first kappa shape index (κ1) is 16.8. The molecule has 1 heterocycles. The Balaban J connectivity index is 1.93. The van der Waals surface area contributed by atoms with Gasteiger partial charge in [0.05, 0.1) is 11.7 Å². The zero-order valence-corrected chi connectivity index (χ0v) is 14.7. The van der Waals surface area contributed by atoms with Crippen molar-refractivity contribution in [2.75, 3.05) is 13.1 Å². The van der Waals surface area contributed by atoms with Crippen LogP contribution in [0, 0.1) is 17.3 Å². The summed E-state index contributed by atoms with van der Waals surface area (Å²) in [5.74, 6) is 1.37. The SMILES string of the molecule is CC1CN(C(=O)C2CCC(C(C)(C)C)CC2)CC(C)(C)O1. The minimum absolute atomic E-state index is 0.142. The van der Waals surface area contributed by atoms with E-state index in [1.807, 2.05) is 0 Å². The Hall–Kier alpha value is -0.570. The first-order valence-electron chi connectivity index (χ1n) is 8.55. The first-order valence-corrected chi connectivity index (χ1v) is 8.55. The molecule has 0 aromatic rings. The van der Waals surface area contributed by atoms with Gasteiger partial charge < -0.3 is 9.64 Å². The van der Waals surface area contributed by atoms with Crippen LogP contribution in [0.2, 0.25) is 0 Å². The average molecular weight is 295 g/mol. The Bertz CT molecular complexity index is 375. The molecule has 0 bridgehead atoms. The molecule has 0 aromatic heterocycles. The normalized spacial score (nSPS) is 33.8. The van der Waals surface area contributed by atoms with E-state index in [2.05, 4.69) is 46.4 Å². The molecule has 122 valence electrons. The van der Waals surface area contributed by atoms with Crippen LogP contribution in [0.25, 0.3) is 0 Å². The molecule has 1 unspecified atom stereocenters. The minimum atomic E-state index is -0.212. The molecule has 2 rings (SSSR count). The number of nitrogens with zero attached hydrogens (tertiary/aromatic N) is 1. The molecule has 1 saturated carbocycles. The predicted molar refractivity (Wildman–Crippen MR) is 86.1 cm³/mol. The van der Waals surface area contributed by atoms with Crippen LogP contribution in [0.4, 0.5) is 0 Å². The van der Waals surface area contributed by atoms with E-state index in [-0.39, 0.29) is 17.6 Å². The number of carbonyl (C=O) groups excluding carboxylic acids is 1. The van der Waals surface area contributed by atoms with E-state index in [4.69, 9.17) is 4.74 Å². The van der Waals surface area contributed by atoms with Crippen molar-refractivity contribution in [3.63, 3.8) is 0 Å². The van der Waals surface area contributed by atoms with Gasteiger partial charge in [0.15, 0.2) is 0 Å². The number of hydrogen-bond acceptors (Lipinski definition) is 2. The van der Waals surface area contributed by atoms with Crippen molar-refractivity contribution in [1.29, 1.82) is 0 Å². The van der Waals surface area contributed by atoms with Crippen molar-refractivity contribution in [1.82, 2.24) is 4.90 Å². The van der Waals surface area contributed by atoms with E-state index >= 15 is 0 Å². The molecule has 1 amide bonds. The molecule has 1 atom stereocenters. The smallest absolute Gasteiger partial charge is 0.225 e. The summed E-state index contributed by atoms with van der Waals surface area (Å²) in [4.78, 5) is 14.9. The molecule has 1 aliphatic carbocycles. The maximum Gasteiger partial charge on any atom is 0.225 e. The zero-order chi connectivity index (χ0) is 15.8. The molecule has 2 aliphatic rings. The quantitative estimate of drug-likeness (QED) is 0.735. The van der Waals surface area contributed by atoms with Gasteiger partial charge in [-0.2, -0.15) is 0 Å². The van der Waals surface area contributed by atoms with Gasteiger partial charge in [0.1, 0.15) is 0 Å². The summed E-state index contributed by atoms with van der Waals surface area (Å²) in [5.41, 5.74) is 0.166. The lowest BCUT2D eigenvalue weighted by Gasteiger charge is -2.44. The monoisotopic (exact) mass is 295 g/mol. The maximum atomic E-state index is 12.8. The zero-order valence-electron chi connectivity index (χ0n) is 14.7. The molecule has 2 fully saturated rings. The van der Waals surface area contributed by atoms with Gasteiger partial charge in [0, 0.05) is 19.0 Å². The second-order valence-electron chi connectivity index (χ2n) is 8.82. The fourth-order valence-electron chi connectivity index (χ4n) is 4.09. The predicted octanol–water partition coefficient (Wildman–Crippen LogP) is 3.86.